The van der Waals surface area contributed by atoms with Crippen molar-refractivity contribution in [3.8, 4) is 0 Å². The van der Waals surface area contributed by atoms with Gasteiger partial charge in [0.1, 0.15) is 12.3 Å². The van der Waals surface area contributed by atoms with Gasteiger partial charge in [-0.2, -0.15) is 0 Å². The second-order valence-corrected chi connectivity index (χ2v) is 4.72. The van der Waals surface area contributed by atoms with Crippen LogP contribution in [0.25, 0.3) is 0 Å². The normalized spacial score (nSPS) is 33.6. The molecule has 1 aromatic heterocycles. The summed E-state index contributed by atoms with van der Waals surface area (Å²) in [6, 6.07) is 1.25. The molecule has 3 heterocycles. The monoisotopic (exact) mass is 266 g/mol. The molecule has 2 fully saturated rings. The SMILES string of the molecule is C=C1CO[C@H]2[C@@H]1[C@H](n1ccc(=O)[nH]c1=O)O[C@@H]2CO. The Morgan fingerprint density at radius 3 is 3.00 bits per heavy atom. The third-order valence-electron chi connectivity index (χ3n) is 3.58. The predicted molar refractivity (Wildman–Crippen MR) is 64.7 cm³/mol. The lowest BCUT2D eigenvalue weighted by molar-refractivity contribution is -0.0615. The summed E-state index contributed by atoms with van der Waals surface area (Å²) in [7, 11) is 0. The van der Waals surface area contributed by atoms with Crippen LogP contribution in [0.1, 0.15) is 6.23 Å². The van der Waals surface area contributed by atoms with Gasteiger partial charge in [-0.1, -0.05) is 6.58 Å². The van der Waals surface area contributed by atoms with Gasteiger partial charge in [0.25, 0.3) is 5.56 Å². The van der Waals surface area contributed by atoms with Crippen LogP contribution < -0.4 is 11.2 Å². The van der Waals surface area contributed by atoms with Gasteiger partial charge in [0, 0.05) is 12.3 Å². The molecule has 0 aromatic carbocycles. The van der Waals surface area contributed by atoms with Gasteiger partial charge in [0.05, 0.1) is 25.2 Å². The van der Waals surface area contributed by atoms with Crippen molar-refractivity contribution in [1.82, 2.24) is 9.55 Å². The minimum atomic E-state index is -0.610. The first-order valence-electron chi connectivity index (χ1n) is 5.99. The summed E-state index contributed by atoms with van der Waals surface area (Å²) in [5.74, 6) is -0.194. The van der Waals surface area contributed by atoms with Crippen LogP contribution in [-0.4, -0.2) is 40.1 Å². The number of aliphatic hydroxyl groups excluding tert-OH is 1. The number of hydrogen-bond donors (Lipinski definition) is 2. The fraction of sp³-hybridized carbons (Fsp3) is 0.500. The molecular weight excluding hydrogens is 252 g/mol. The molecule has 0 spiro atoms. The van der Waals surface area contributed by atoms with E-state index in [1.54, 1.807) is 0 Å². The number of nitrogens with one attached hydrogen (secondary N) is 1. The van der Waals surface area contributed by atoms with Crippen molar-refractivity contribution in [3.05, 3.63) is 45.3 Å². The van der Waals surface area contributed by atoms with Crippen LogP contribution in [0.4, 0.5) is 0 Å². The number of ether oxygens (including phenoxy) is 2. The van der Waals surface area contributed by atoms with E-state index in [1.807, 2.05) is 0 Å². The molecule has 2 aliphatic heterocycles. The third kappa shape index (κ3) is 1.86. The number of fused-ring (bicyclic) bond motifs is 1. The van der Waals surface area contributed by atoms with Crippen LogP contribution >= 0.6 is 0 Å². The van der Waals surface area contributed by atoms with Crippen LogP contribution in [0.5, 0.6) is 0 Å². The summed E-state index contributed by atoms with van der Waals surface area (Å²) in [5, 5.41) is 9.30. The third-order valence-corrected chi connectivity index (χ3v) is 3.58. The number of nitrogens with zero attached hydrogens (tertiary/aromatic N) is 1. The van der Waals surface area contributed by atoms with Crippen molar-refractivity contribution in [2.24, 2.45) is 5.92 Å². The van der Waals surface area contributed by atoms with Crippen molar-refractivity contribution in [1.29, 1.82) is 0 Å². The van der Waals surface area contributed by atoms with Crippen LogP contribution in [0.2, 0.25) is 0 Å². The van der Waals surface area contributed by atoms with Gasteiger partial charge in [-0.05, 0) is 5.57 Å². The molecule has 4 atom stereocenters. The first-order valence-corrected chi connectivity index (χ1v) is 5.99. The maximum atomic E-state index is 11.8. The molecule has 0 radical (unpaired) electrons. The van der Waals surface area contributed by atoms with Crippen molar-refractivity contribution in [2.75, 3.05) is 13.2 Å². The zero-order valence-corrected chi connectivity index (χ0v) is 10.1. The Hall–Kier alpha value is -1.70. The molecule has 2 N–H and O–H groups in total. The van der Waals surface area contributed by atoms with E-state index in [0.717, 1.165) is 5.57 Å². The summed E-state index contributed by atoms with van der Waals surface area (Å²) in [6.07, 6.45) is -0.0234. The second kappa shape index (κ2) is 4.44. The number of rotatable bonds is 2. The van der Waals surface area contributed by atoms with Crippen molar-refractivity contribution in [3.63, 3.8) is 0 Å². The summed E-state index contributed by atoms with van der Waals surface area (Å²) in [4.78, 5) is 25.1. The Balaban J connectivity index is 2.02. The fourth-order valence-corrected chi connectivity index (χ4v) is 2.69. The van der Waals surface area contributed by atoms with Gasteiger partial charge in [0.15, 0.2) is 0 Å². The number of aromatic nitrogens is 2. The highest BCUT2D eigenvalue weighted by atomic mass is 16.6. The molecule has 2 saturated heterocycles. The van der Waals surface area contributed by atoms with Crippen molar-refractivity contribution in [2.45, 2.75) is 18.4 Å². The molecule has 3 rings (SSSR count). The maximum Gasteiger partial charge on any atom is 0.330 e. The second-order valence-electron chi connectivity index (χ2n) is 4.72. The summed E-state index contributed by atoms with van der Waals surface area (Å²) in [6.45, 7) is 4.12. The van der Waals surface area contributed by atoms with Crippen LogP contribution in [-0.2, 0) is 9.47 Å². The number of aromatic amines is 1. The molecule has 102 valence electrons. The van der Waals surface area contributed by atoms with Crippen LogP contribution in [0.15, 0.2) is 34.0 Å². The summed E-state index contributed by atoms with van der Waals surface area (Å²) >= 11 is 0. The minimum absolute atomic E-state index is 0.191. The smallest absolute Gasteiger partial charge is 0.330 e. The van der Waals surface area contributed by atoms with E-state index in [0.29, 0.717) is 6.61 Å². The van der Waals surface area contributed by atoms with E-state index in [9.17, 15) is 14.7 Å². The Bertz CT molecular complexity index is 619. The van der Waals surface area contributed by atoms with Crippen LogP contribution in [0.3, 0.4) is 0 Å². The molecule has 0 saturated carbocycles. The van der Waals surface area contributed by atoms with Crippen molar-refractivity contribution >= 4 is 0 Å². The van der Waals surface area contributed by atoms with Crippen LogP contribution in [0, 0.1) is 5.92 Å². The van der Waals surface area contributed by atoms with Gasteiger partial charge in [0.2, 0.25) is 0 Å². The Kier molecular flexibility index (Phi) is 2.89. The van der Waals surface area contributed by atoms with Gasteiger partial charge in [-0.15, -0.1) is 0 Å². The first kappa shape index (κ1) is 12.3. The highest BCUT2D eigenvalue weighted by Crippen LogP contribution is 2.43. The largest absolute Gasteiger partial charge is 0.394 e. The topological polar surface area (TPSA) is 93.6 Å². The molecule has 1 aromatic rings. The zero-order chi connectivity index (χ0) is 13.6. The molecule has 0 amide bonds. The molecule has 0 bridgehead atoms. The average Bonchev–Trinajstić information content (AvgIpc) is 2.91. The number of H-pyrrole nitrogens is 1. The molecule has 19 heavy (non-hydrogen) atoms. The number of aliphatic hydroxyl groups is 1. The quantitative estimate of drug-likeness (QED) is 0.669. The average molecular weight is 266 g/mol. The molecule has 7 nitrogen and oxygen atoms in total. The maximum absolute atomic E-state index is 11.8. The summed E-state index contributed by atoms with van der Waals surface area (Å²) in [5.41, 5.74) is -0.186. The Morgan fingerprint density at radius 2 is 2.32 bits per heavy atom. The van der Waals surface area contributed by atoms with Gasteiger partial charge in [-0.3, -0.25) is 14.3 Å². The highest BCUT2D eigenvalue weighted by Gasteiger charge is 2.50. The van der Waals surface area contributed by atoms with Gasteiger partial charge < -0.3 is 14.6 Å². The predicted octanol–water partition coefficient (Wildman–Crippen LogP) is -1.00. The van der Waals surface area contributed by atoms with Gasteiger partial charge in [-0.25, -0.2) is 4.79 Å². The standard InChI is InChI=1S/C12H14N2O5/c1-6-5-18-10-7(4-15)19-11(9(6)10)14-3-2-8(16)13-12(14)17/h2-3,7,9-11,15H,1,4-5H2,(H,13,16,17)/t7-,9-,10-,11-/m1/s1. The number of hydrogen-bond acceptors (Lipinski definition) is 5. The van der Waals surface area contributed by atoms with E-state index < -0.39 is 23.6 Å². The van der Waals surface area contributed by atoms with E-state index >= 15 is 0 Å². The summed E-state index contributed by atoms with van der Waals surface area (Å²) < 4.78 is 12.5. The van der Waals surface area contributed by atoms with E-state index in [4.69, 9.17) is 9.47 Å². The Labute approximate surface area is 108 Å². The molecule has 2 aliphatic rings. The molecule has 7 heteroatoms. The van der Waals surface area contributed by atoms with E-state index in [1.165, 1.54) is 16.8 Å². The zero-order valence-electron chi connectivity index (χ0n) is 10.1. The fourth-order valence-electron chi connectivity index (χ4n) is 2.69. The molecule has 0 aliphatic carbocycles. The first-order chi connectivity index (χ1) is 9.11. The molecule has 0 unspecified atom stereocenters. The lowest BCUT2D eigenvalue weighted by Crippen LogP contribution is -2.34. The Morgan fingerprint density at radius 1 is 1.53 bits per heavy atom. The lowest BCUT2D eigenvalue weighted by Gasteiger charge is -2.19. The van der Waals surface area contributed by atoms with E-state index in [-0.39, 0.29) is 18.6 Å². The van der Waals surface area contributed by atoms with Gasteiger partial charge >= 0.3 is 5.69 Å². The van der Waals surface area contributed by atoms with Crippen molar-refractivity contribution < 1.29 is 14.6 Å². The van der Waals surface area contributed by atoms with E-state index in [2.05, 4.69) is 11.6 Å². The highest BCUT2D eigenvalue weighted by molar-refractivity contribution is 5.15. The lowest BCUT2D eigenvalue weighted by atomic mass is 9.95. The molecular formula is C12H14N2O5. The minimum Gasteiger partial charge on any atom is -0.394 e.